The van der Waals surface area contributed by atoms with E-state index in [1.165, 1.54) is 4.68 Å². The molecule has 0 saturated carbocycles. The Morgan fingerprint density at radius 1 is 0.958 bits per heavy atom. The number of fused-ring (bicyclic) bond motifs is 1. The molecule has 0 bridgehead atoms. The molecule has 4 heterocycles. The molecule has 0 N–H and O–H groups in total. The Kier molecular flexibility index (Phi) is 3.44. The zero-order valence-electron chi connectivity index (χ0n) is 13.8. The van der Waals surface area contributed by atoms with Gasteiger partial charge in [0.05, 0.1) is 5.39 Å². The minimum Gasteiger partial charge on any atom is -0.352 e. The molecular formula is C16H19N7O. The number of nitrogens with zero attached hydrogens (tertiary/aromatic N) is 7. The van der Waals surface area contributed by atoms with Crippen LogP contribution in [-0.2, 0) is 14.1 Å². The summed E-state index contributed by atoms with van der Waals surface area (Å²) < 4.78 is 3.38. The average Bonchev–Trinajstić information content (AvgIpc) is 2.99. The predicted molar refractivity (Wildman–Crippen MR) is 92.4 cm³/mol. The highest BCUT2D eigenvalue weighted by Gasteiger charge is 2.21. The summed E-state index contributed by atoms with van der Waals surface area (Å²) in [6.45, 7) is 3.38. The van der Waals surface area contributed by atoms with E-state index in [0.29, 0.717) is 0 Å². The fraction of sp³-hybridized carbons (Fsp3) is 0.375. The number of hydrogen-bond donors (Lipinski definition) is 0. The van der Waals surface area contributed by atoms with E-state index in [4.69, 9.17) is 0 Å². The Morgan fingerprint density at radius 2 is 1.71 bits per heavy atom. The van der Waals surface area contributed by atoms with Crippen LogP contribution in [0.5, 0.6) is 0 Å². The van der Waals surface area contributed by atoms with Gasteiger partial charge < -0.3 is 14.4 Å². The summed E-state index contributed by atoms with van der Waals surface area (Å²) in [6, 6.07) is 5.41. The van der Waals surface area contributed by atoms with Gasteiger partial charge in [-0.15, -0.1) is 0 Å². The van der Waals surface area contributed by atoms with Crippen LogP contribution in [0, 0.1) is 0 Å². The van der Waals surface area contributed by atoms with Crippen LogP contribution in [0.1, 0.15) is 0 Å². The quantitative estimate of drug-likeness (QED) is 0.679. The number of aromatic nitrogens is 5. The van der Waals surface area contributed by atoms with E-state index in [1.807, 2.05) is 17.8 Å². The van der Waals surface area contributed by atoms with Gasteiger partial charge in [0.15, 0.2) is 0 Å². The maximum Gasteiger partial charge on any atom is 0.266 e. The van der Waals surface area contributed by atoms with Crippen LogP contribution in [0.2, 0.25) is 0 Å². The second kappa shape index (κ2) is 5.63. The third-order valence-corrected chi connectivity index (χ3v) is 4.49. The van der Waals surface area contributed by atoms with E-state index < -0.39 is 0 Å². The molecule has 8 heteroatoms. The minimum atomic E-state index is -0.0927. The van der Waals surface area contributed by atoms with Crippen molar-refractivity contribution >= 4 is 22.7 Å². The van der Waals surface area contributed by atoms with Crippen LogP contribution in [0.15, 0.2) is 35.5 Å². The summed E-state index contributed by atoms with van der Waals surface area (Å²) in [6.07, 6.45) is 3.63. The summed E-state index contributed by atoms with van der Waals surface area (Å²) in [5.74, 6) is 1.82. The molecule has 0 amide bonds. The third kappa shape index (κ3) is 2.40. The van der Waals surface area contributed by atoms with Crippen LogP contribution in [-0.4, -0.2) is 50.5 Å². The van der Waals surface area contributed by atoms with Crippen LogP contribution in [0.4, 0.5) is 11.6 Å². The van der Waals surface area contributed by atoms with Gasteiger partial charge in [-0.25, -0.2) is 14.6 Å². The molecule has 3 aromatic heterocycles. The van der Waals surface area contributed by atoms with Crippen molar-refractivity contribution in [2.75, 3.05) is 36.0 Å². The van der Waals surface area contributed by atoms with Crippen LogP contribution < -0.4 is 15.4 Å². The molecular weight excluding hydrogens is 306 g/mol. The molecule has 1 aliphatic rings. The van der Waals surface area contributed by atoms with Gasteiger partial charge >= 0.3 is 0 Å². The van der Waals surface area contributed by atoms with Gasteiger partial charge in [-0.1, -0.05) is 0 Å². The van der Waals surface area contributed by atoms with Crippen LogP contribution >= 0.6 is 0 Å². The molecule has 0 aromatic carbocycles. The monoisotopic (exact) mass is 325 g/mol. The van der Waals surface area contributed by atoms with Gasteiger partial charge in [0.25, 0.3) is 5.56 Å². The molecule has 1 aliphatic heterocycles. The van der Waals surface area contributed by atoms with E-state index in [1.54, 1.807) is 25.5 Å². The first-order valence-electron chi connectivity index (χ1n) is 7.94. The van der Waals surface area contributed by atoms with Gasteiger partial charge in [0.1, 0.15) is 23.6 Å². The number of piperazine rings is 1. The fourth-order valence-corrected chi connectivity index (χ4v) is 3.12. The molecule has 3 aromatic rings. The van der Waals surface area contributed by atoms with E-state index in [0.717, 1.165) is 48.8 Å². The smallest absolute Gasteiger partial charge is 0.266 e. The highest BCUT2D eigenvalue weighted by Crippen LogP contribution is 2.24. The number of rotatable bonds is 2. The fourth-order valence-electron chi connectivity index (χ4n) is 3.12. The Bertz CT molecular complexity index is 937. The van der Waals surface area contributed by atoms with Crippen LogP contribution in [0.25, 0.3) is 11.0 Å². The first-order chi connectivity index (χ1) is 11.6. The number of anilines is 2. The first kappa shape index (κ1) is 14.7. The van der Waals surface area contributed by atoms with E-state index >= 15 is 0 Å². The van der Waals surface area contributed by atoms with Gasteiger partial charge in [-0.3, -0.25) is 4.79 Å². The predicted octanol–water partition coefficient (Wildman–Crippen LogP) is 0.389. The van der Waals surface area contributed by atoms with Crippen molar-refractivity contribution in [3.8, 4) is 0 Å². The Morgan fingerprint density at radius 3 is 2.46 bits per heavy atom. The molecule has 1 saturated heterocycles. The molecule has 124 valence electrons. The topological polar surface area (TPSA) is 72.1 Å². The molecule has 0 atom stereocenters. The van der Waals surface area contributed by atoms with Gasteiger partial charge in [0, 0.05) is 52.5 Å². The van der Waals surface area contributed by atoms with Gasteiger partial charge in [0.2, 0.25) is 0 Å². The zero-order chi connectivity index (χ0) is 16.7. The summed E-state index contributed by atoms with van der Waals surface area (Å²) in [7, 11) is 3.66. The maximum atomic E-state index is 11.5. The Balaban J connectivity index is 1.55. The number of aryl methyl sites for hydroxylation is 2. The van der Waals surface area contributed by atoms with Crippen molar-refractivity contribution in [3.63, 3.8) is 0 Å². The first-order valence-corrected chi connectivity index (χ1v) is 7.94. The Labute approximate surface area is 139 Å². The summed E-state index contributed by atoms with van der Waals surface area (Å²) in [5, 5.41) is 5.41. The van der Waals surface area contributed by atoms with E-state index in [9.17, 15) is 4.79 Å². The minimum absolute atomic E-state index is 0.0927. The van der Waals surface area contributed by atoms with Crippen LogP contribution in [0.3, 0.4) is 0 Å². The molecule has 1 fully saturated rings. The van der Waals surface area contributed by atoms with E-state index in [-0.39, 0.29) is 5.56 Å². The van der Waals surface area contributed by atoms with Crippen molar-refractivity contribution in [3.05, 3.63) is 41.1 Å². The lowest BCUT2D eigenvalue weighted by Gasteiger charge is -2.36. The zero-order valence-corrected chi connectivity index (χ0v) is 13.8. The van der Waals surface area contributed by atoms with Gasteiger partial charge in [-0.2, -0.15) is 5.10 Å². The highest BCUT2D eigenvalue weighted by molar-refractivity contribution is 5.87. The average molecular weight is 325 g/mol. The largest absolute Gasteiger partial charge is 0.352 e. The van der Waals surface area contributed by atoms with Crippen molar-refractivity contribution in [2.24, 2.45) is 14.1 Å². The summed E-state index contributed by atoms with van der Waals surface area (Å²) in [5.41, 5.74) is 0.854. The van der Waals surface area contributed by atoms with Crippen molar-refractivity contribution < 1.29 is 0 Å². The second-order valence-corrected chi connectivity index (χ2v) is 5.99. The van der Waals surface area contributed by atoms with Gasteiger partial charge in [-0.05, 0) is 12.1 Å². The lowest BCUT2D eigenvalue weighted by Crippen LogP contribution is -2.47. The SMILES string of the molecule is Cn1nc(N2CCN(c3ncnc4c3ccn4C)CC2)ccc1=O. The lowest BCUT2D eigenvalue weighted by molar-refractivity contribution is 0.620. The molecule has 0 unspecified atom stereocenters. The molecule has 0 aliphatic carbocycles. The second-order valence-electron chi connectivity index (χ2n) is 5.99. The van der Waals surface area contributed by atoms with Crippen molar-refractivity contribution in [1.29, 1.82) is 0 Å². The normalized spacial score (nSPS) is 15.2. The standard InChI is InChI=1S/C16H19N7O/c1-20-6-5-12-15(20)17-11-18-16(12)23-9-7-22(8-10-23)13-3-4-14(24)21(2)19-13/h3-6,11H,7-10H2,1-2H3. The molecule has 0 radical (unpaired) electrons. The Hall–Kier alpha value is -2.90. The molecule has 24 heavy (non-hydrogen) atoms. The van der Waals surface area contributed by atoms with E-state index in [2.05, 4.69) is 30.9 Å². The summed E-state index contributed by atoms with van der Waals surface area (Å²) in [4.78, 5) is 24.8. The molecule has 8 nitrogen and oxygen atoms in total. The number of hydrogen-bond acceptors (Lipinski definition) is 6. The third-order valence-electron chi connectivity index (χ3n) is 4.49. The molecule has 0 spiro atoms. The highest BCUT2D eigenvalue weighted by atomic mass is 16.1. The summed E-state index contributed by atoms with van der Waals surface area (Å²) >= 11 is 0. The maximum absolute atomic E-state index is 11.5. The lowest BCUT2D eigenvalue weighted by atomic mass is 10.2. The van der Waals surface area contributed by atoms with Crippen molar-refractivity contribution in [1.82, 2.24) is 24.3 Å². The molecule has 4 rings (SSSR count). The van der Waals surface area contributed by atoms with Crippen molar-refractivity contribution in [2.45, 2.75) is 0 Å².